The highest BCUT2D eigenvalue weighted by atomic mass is 16.2. The van der Waals surface area contributed by atoms with E-state index in [1.54, 1.807) is 13.2 Å². The van der Waals surface area contributed by atoms with Crippen LogP contribution in [0.3, 0.4) is 0 Å². The van der Waals surface area contributed by atoms with E-state index in [1.807, 2.05) is 0 Å². The van der Waals surface area contributed by atoms with Gasteiger partial charge in [0.1, 0.15) is 12.4 Å². The average Bonchev–Trinajstić information content (AvgIpc) is 3.17. The minimum Gasteiger partial charge on any atom is -0.368 e. The third-order valence-electron chi connectivity index (χ3n) is 3.61. The number of primary amides is 1. The normalized spacial score (nSPS) is 12.9. The van der Waals surface area contributed by atoms with E-state index in [0.717, 1.165) is 31.0 Å². The molecule has 0 bridgehead atoms. The topological polar surface area (TPSA) is 124 Å². The van der Waals surface area contributed by atoms with Crippen molar-refractivity contribution in [1.29, 1.82) is 0 Å². The Morgan fingerprint density at radius 1 is 1.43 bits per heavy atom. The molecule has 10 heteroatoms. The van der Waals surface area contributed by atoms with Gasteiger partial charge < -0.3 is 20.5 Å². The fraction of sp³-hybridized carbons (Fsp3) is 0.462. The fourth-order valence-corrected chi connectivity index (χ4v) is 2.50. The van der Waals surface area contributed by atoms with Gasteiger partial charge in [-0.3, -0.25) is 9.48 Å². The smallest absolute Gasteiger partial charge is 0.322 e. The molecule has 3 heterocycles. The third kappa shape index (κ3) is 3.30. The van der Waals surface area contributed by atoms with Crippen molar-refractivity contribution in [3.8, 4) is 0 Å². The second-order valence-corrected chi connectivity index (χ2v) is 5.47. The Morgan fingerprint density at radius 3 is 3.04 bits per heavy atom. The summed E-state index contributed by atoms with van der Waals surface area (Å²) in [6, 6.07) is -0.293. The fourth-order valence-electron chi connectivity index (χ4n) is 2.50. The quantitative estimate of drug-likeness (QED) is 0.774. The van der Waals surface area contributed by atoms with Crippen LogP contribution in [0, 0.1) is 0 Å². The van der Waals surface area contributed by atoms with Gasteiger partial charge in [0, 0.05) is 26.2 Å². The predicted molar refractivity (Wildman–Crippen MR) is 80.3 cm³/mol. The van der Waals surface area contributed by atoms with Gasteiger partial charge in [0.15, 0.2) is 5.82 Å². The van der Waals surface area contributed by atoms with Crippen molar-refractivity contribution >= 4 is 17.6 Å². The number of carbonyl (C=O) groups is 2. The van der Waals surface area contributed by atoms with Gasteiger partial charge >= 0.3 is 6.03 Å². The van der Waals surface area contributed by atoms with Gasteiger partial charge in [0.25, 0.3) is 0 Å². The zero-order valence-electron chi connectivity index (χ0n) is 12.8. The Balaban J connectivity index is 1.59. The molecule has 0 aliphatic carbocycles. The molecule has 0 saturated heterocycles. The number of anilines is 1. The summed E-state index contributed by atoms with van der Waals surface area (Å²) >= 11 is 0. The molecule has 0 spiro atoms. The van der Waals surface area contributed by atoms with Crippen molar-refractivity contribution in [2.24, 2.45) is 5.73 Å². The van der Waals surface area contributed by atoms with E-state index < -0.39 is 5.91 Å². The minimum atomic E-state index is -0.497. The lowest BCUT2D eigenvalue weighted by molar-refractivity contribution is -0.118. The highest BCUT2D eigenvalue weighted by Crippen LogP contribution is 2.15. The number of urea groups is 1. The maximum atomic E-state index is 12.2. The molecule has 1 aliphatic rings. The number of nitrogens with zero attached hydrogens (tertiary/aromatic N) is 6. The number of aryl methyl sites for hydroxylation is 1. The van der Waals surface area contributed by atoms with Gasteiger partial charge in [-0.1, -0.05) is 0 Å². The molecule has 1 aliphatic heterocycles. The highest BCUT2D eigenvalue weighted by molar-refractivity contribution is 5.88. The summed E-state index contributed by atoms with van der Waals surface area (Å²) in [6.45, 7) is 1.23. The van der Waals surface area contributed by atoms with E-state index in [9.17, 15) is 9.59 Å². The highest BCUT2D eigenvalue weighted by Gasteiger charge is 2.20. The van der Waals surface area contributed by atoms with Gasteiger partial charge in [-0.25, -0.2) is 4.79 Å². The molecule has 0 saturated carbocycles. The number of rotatable bonds is 5. The molecule has 122 valence electrons. The SMILES string of the molecule is CN(Cc1nnc2n1CCC2)C(=O)Nc1cnn(CC(N)=O)c1. The molecule has 0 atom stereocenters. The van der Waals surface area contributed by atoms with Crippen molar-refractivity contribution in [3.63, 3.8) is 0 Å². The molecule has 2 aromatic rings. The number of amides is 3. The van der Waals surface area contributed by atoms with E-state index in [-0.39, 0.29) is 12.6 Å². The molecule has 3 N–H and O–H groups in total. The van der Waals surface area contributed by atoms with Crippen molar-refractivity contribution in [1.82, 2.24) is 29.4 Å². The van der Waals surface area contributed by atoms with E-state index in [0.29, 0.717) is 12.2 Å². The number of hydrogen-bond donors (Lipinski definition) is 2. The number of nitrogens with two attached hydrogens (primary N) is 1. The second-order valence-electron chi connectivity index (χ2n) is 5.47. The first kappa shape index (κ1) is 15.0. The Bertz CT molecular complexity index is 734. The first-order valence-corrected chi connectivity index (χ1v) is 7.27. The molecule has 23 heavy (non-hydrogen) atoms. The van der Waals surface area contributed by atoms with Crippen LogP contribution in [-0.4, -0.2) is 48.4 Å². The summed E-state index contributed by atoms with van der Waals surface area (Å²) in [4.78, 5) is 24.5. The molecule has 0 radical (unpaired) electrons. The van der Waals surface area contributed by atoms with E-state index >= 15 is 0 Å². The van der Waals surface area contributed by atoms with Gasteiger partial charge in [0.05, 0.1) is 18.4 Å². The zero-order valence-corrected chi connectivity index (χ0v) is 12.8. The molecule has 3 amide bonds. The van der Waals surface area contributed by atoms with Crippen molar-refractivity contribution in [3.05, 3.63) is 24.0 Å². The Labute approximate surface area is 132 Å². The van der Waals surface area contributed by atoms with Crippen LogP contribution >= 0.6 is 0 Å². The number of aromatic nitrogens is 5. The van der Waals surface area contributed by atoms with Crippen LogP contribution in [0.2, 0.25) is 0 Å². The Hall–Kier alpha value is -2.91. The number of fused-ring (bicyclic) bond motifs is 1. The van der Waals surface area contributed by atoms with Gasteiger partial charge in [0.2, 0.25) is 5.91 Å². The summed E-state index contributed by atoms with van der Waals surface area (Å²) in [5.74, 6) is 1.25. The Morgan fingerprint density at radius 2 is 2.26 bits per heavy atom. The molecule has 3 rings (SSSR count). The van der Waals surface area contributed by atoms with Crippen molar-refractivity contribution < 1.29 is 9.59 Å². The summed E-state index contributed by atoms with van der Waals surface area (Å²) < 4.78 is 3.41. The van der Waals surface area contributed by atoms with Crippen LogP contribution in [-0.2, 0) is 30.8 Å². The average molecular weight is 318 g/mol. The first-order chi connectivity index (χ1) is 11.0. The van der Waals surface area contributed by atoms with Crippen LogP contribution in [0.15, 0.2) is 12.4 Å². The van der Waals surface area contributed by atoms with Gasteiger partial charge in [-0.15, -0.1) is 10.2 Å². The van der Waals surface area contributed by atoms with E-state index in [1.165, 1.54) is 15.8 Å². The summed E-state index contributed by atoms with van der Waals surface area (Å²) in [5, 5.41) is 14.9. The summed E-state index contributed by atoms with van der Waals surface area (Å²) in [6.07, 6.45) is 5.00. The number of carbonyl (C=O) groups excluding carboxylic acids is 2. The lowest BCUT2D eigenvalue weighted by Crippen LogP contribution is -2.31. The molecule has 0 aromatic carbocycles. The maximum Gasteiger partial charge on any atom is 0.322 e. The van der Waals surface area contributed by atoms with Crippen LogP contribution in [0.5, 0.6) is 0 Å². The molecule has 0 fully saturated rings. The van der Waals surface area contributed by atoms with Crippen molar-refractivity contribution in [2.75, 3.05) is 12.4 Å². The largest absolute Gasteiger partial charge is 0.368 e. The molecule has 0 unspecified atom stereocenters. The molecule has 2 aromatic heterocycles. The summed E-state index contributed by atoms with van der Waals surface area (Å²) in [7, 11) is 1.68. The van der Waals surface area contributed by atoms with Crippen LogP contribution in [0.25, 0.3) is 0 Å². The van der Waals surface area contributed by atoms with Crippen LogP contribution < -0.4 is 11.1 Å². The monoisotopic (exact) mass is 318 g/mol. The predicted octanol–water partition coefficient (Wildman–Crippen LogP) is -0.430. The zero-order chi connectivity index (χ0) is 16.4. The molecule has 10 nitrogen and oxygen atoms in total. The van der Waals surface area contributed by atoms with Crippen molar-refractivity contribution in [2.45, 2.75) is 32.5 Å². The second kappa shape index (κ2) is 6.07. The maximum absolute atomic E-state index is 12.2. The standard InChI is InChI=1S/C13H18N8O2/c1-19(8-12-18-17-11-3-2-4-21(11)12)13(23)16-9-5-15-20(6-9)7-10(14)22/h5-6H,2-4,7-8H2,1H3,(H2,14,22)(H,16,23). The lowest BCUT2D eigenvalue weighted by atomic mass is 10.4. The van der Waals surface area contributed by atoms with Gasteiger partial charge in [-0.2, -0.15) is 5.10 Å². The van der Waals surface area contributed by atoms with Gasteiger partial charge in [-0.05, 0) is 6.42 Å². The lowest BCUT2D eigenvalue weighted by Gasteiger charge is -2.16. The minimum absolute atomic E-state index is 0.0302. The first-order valence-electron chi connectivity index (χ1n) is 7.27. The summed E-state index contributed by atoms with van der Waals surface area (Å²) in [5.41, 5.74) is 5.59. The Kier molecular flexibility index (Phi) is 3.96. The van der Waals surface area contributed by atoms with E-state index in [4.69, 9.17) is 5.73 Å². The van der Waals surface area contributed by atoms with E-state index in [2.05, 4.69) is 25.2 Å². The number of nitrogens with one attached hydrogen (secondary N) is 1. The molecular formula is C13H18N8O2. The van der Waals surface area contributed by atoms with Crippen LogP contribution in [0.1, 0.15) is 18.1 Å². The number of hydrogen-bond acceptors (Lipinski definition) is 5. The molecular weight excluding hydrogens is 300 g/mol. The van der Waals surface area contributed by atoms with Crippen LogP contribution in [0.4, 0.5) is 10.5 Å². The third-order valence-corrected chi connectivity index (χ3v) is 3.61.